The fraction of sp³-hybridized carbons (Fsp3) is 0.312. The van der Waals surface area contributed by atoms with E-state index in [0.29, 0.717) is 30.2 Å². The zero-order chi connectivity index (χ0) is 31.4. The molecule has 0 spiro atoms. The van der Waals surface area contributed by atoms with E-state index in [1.165, 1.54) is 33.3 Å². The van der Waals surface area contributed by atoms with Crippen LogP contribution in [0.2, 0.25) is 0 Å². The van der Waals surface area contributed by atoms with Crippen LogP contribution in [0.1, 0.15) is 39.5 Å². The van der Waals surface area contributed by atoms with Gasteiger partial charge >= 0.3 is 5.69 Å². The van der Waals surface area contributed by atoms with Crippen molar-refractivity contribution in [1.29, 1.82) is 0 Å². The Morgan fingerprint density at radius 3 is 2.57 bits per heavy atom. The third-order valence-electron chi connectivity index (χ3n) is 8.56. The Bertz CT molecular complexity index is 1950. The molecule has 1 amide bonds. The number of carbonyl (C=O) groups is 1. The predicted molar refractivity (Wildman–Crippen MR) is 160 cm³/mol. The molecule has 2 N–H and O–H groups in total. The monoisotopic (exact) mass is 603 g/mol. The molecular formula is C32H31F2N5O5. The summed E-state index contributed by atoms with van der Waals surface area (Å²) in [5, 5.41) is 12.4. The fourth-order valence-corrected chi connectivity index (χ4v) is 6.18. The van der Waals surface area contributed by atoms with Gasteiger partial charge in [0.1, 0.15) is 17.2 Å². The molecule has 6 rings (SSSR count). The molecule has 3 heterocycles. The molecule has 1 saturated heterocycles. The van der Waals surface area contributed by atoms with Crippen LogP contribution in [0.25, 0.3) is 22.4 Å². The highest BCUT2D eigenvalue weighted by Crippen LogP contribution is 2.45. The number of carbonyl (C=O) groups excluding carboxylic acids is 1. The summed E-state index contributed by atoms with van der Waals surface area (Å²) in [7, 11) is 4.20. The molecule has 44 heavy (non-hydrogen) atoms. The van der Waals surface area contributed by atoms with E-state index in [1.54, 1.807) is 25.1 Å². The molecule has 1 unspecified atom stereocenters. The minimum atomic E-state index is -0.821. The van der Waals surface area contributed by atoms with Crippen molar-refractivity contribution in [2.24, 2.45) is 14.1 Å². The molecule has 1 aliphatic carbocycles. The van der Waals surface area contributed by atoms with Gasteiger partial charge in [-0.05, 0) is 60.7 Å². The van der Waals surface area contributed by atoms with E-state index < -0.39 is 28.8 Å². The van der Waals surface area contributed by atoms with Gasteiger partial charge in [-0.1, -0.05) is 12.1 Å². The molecule has 0 radical (unpaired) electrons. The first-order chi connectivity index (χ1) is 21.0. The minimum Gasteiger partial charge on any atom is -0.481 e. The standard InChI is InChI=1S/C32H31F2N5O5/c1-16-19(6-5-7-23(16)35-29(41)21-15-37(2)32(43)38(3)31(21)42)27-22(33)10-9-20(28(27)34)24-12-17-8-11-25(39-13-18(40)14-39)26(17)30(36-24)44-4/h5-7,9-10,12,15,18,25,40H,8,11,13-14H2,1-4H3,(H,35,41). The van der Waals surface area contributed by atoms with Crippen LogP contribution in [0.15, 0.2) is 52.2 Å². The van der Waals surface area contributed by atoms with E-state index in [0.717, 1.165) is 39.3 Å². The zero-order valence-electron chi connectivity index (χ0n) is 24.6. The van der Waals surface area contributed by atoms with Crippen molar-refractivity contribution in [3.63, 3.8) is 0 Å². The number of anilines is 1. The van der Waals surface area contributed by atoms with Crippen molar-refractivity contribution in [2.75, 3.05) is 25.5 Å². The number of likely N-dealkylation sites (tertiary alicyclic amines) is 1. The zero-order valence-corrected chi connectivity index (χ0v) is 24.6. The highest BCUT2D eigenvalue weighted by atomic mass is 19.1. The second-order valence-corrected chi connectivity index (χ2v) is 11.3. The molecule has 228 valence electrons. The summed E-state index contributed by atoms with van der Waals surface area (Å²) in [5.74, 6) is -2.01. The summed E-state index contributed by atoms with van der Waals surface area (Å²) >= 11 is 0. The number of rotatable bonds is 6. The summed E-state index contributed by atoms with van der Waals surface area (Å²) in [4.78, 5) is 44.5. The maximum atomic E-state index is 16.3. The van der Waals surface area contributed by atoms with Gasteiger partial charge in [-0.2, -0.15) is 0 Å². The number of aryl methyl sites for hydroxylation is 2. The van der Waals surface area contributed by atoms with Crippen LogP contribution < -0.4 is 21.3 Å². The average Bonchev–Trinajstić information content (AvgIpc) is 3.41. The summed E-state index contributed by atoms with van der Waals surface area (Å²) < 4.78 is 39.2. The van der Waals surface area contributed by atoms with Gasteiger partial charge in [-0.3, -0.25) is 19.1 Å². The van der Waals surface area contributed by atoms with Gasteiger partial charge in [0.15, 0.2) is 0 Å². The lowest BCUT2D eigenvalue weighted by Gasteiger charge is -2.40. The first kappa shape index (κ1) is 29.4. The topological polar surface area (TPSA) is 119 Å². The van der Waals surface area contributed by atoms with Crippen molar-refractivity contribution in [1.82, 2.24) is 19.0 Å². The number of pyridine rings is 1. The van der Waals surface area contributed by atoms with Crippen LogP contribution in [-0.4, -0.2) is 56.3 Å². The fourth-order valence-electron chi connectivity index (χ4n) is 6.18. The number of halogens is 2. The molecule has 1 aliphatic heterocycles. The van der Waals surface area contributed by atoms with Crippen molar-refractivity contribution in [3.05, 3.63) is 97.3 Å². The maximum Gasteiger partial charge on any atom is 0.330 e. The van der Waals surface area contributed by atoms with Crippen LogP contribution in [0.4, 0.5) is 14.5 Å². The van der Waals surface area contributed by atoms with E-state index in [4.69, 9.17) is 4.74 Å². The lowest BCUT2D eigenvalue weighted by atomic mass is 9.94. The minimum absolute atomic E-state index is 0.0556. The molecule has 1 fully saturated rings. The van der Waals surface area contributed by atoms with E-state index in [2.05, 4.69) is 15.2 Å². The third-order valence-corrected chi connectivity index (χ3v) is 8.56. The largest absolute Gasteiger partial charge is 0.481 e. The predicted octanol–water partition coefficient (Wildman–Crippen LogP) is 3.32. The summed E-state index contributed by atoms with van der Waals surface area (Å²) in [6, 6.07) is 9.04. The second-order valence-electron chi connectivity index (χ2n) is 11.3. The first-order valence-corrected chi connectivity index (χ1v) is 14.2. The number of methoxy groups -OCH3 is 1. The molecule has 0 saturated carbocycles. The normalized spacial score (nSPS) is 16.5. The molecule has 0 bridgehead atoms. The van der Waals surface area contributed by atoms with Crippen molar-refractivity contribution >= 4 is 11.6 Å². The molecule has 1 atom stereocenters. The van der Waals surface area contributed by atoms with Gasteiger partial charge < -0.3 is 19.7 Å². The Morgan fingerprint density at radius 1 is 1.11 bits per heavy atom. The van der Waals surface area contributed by atoms with Gasteiger partial charge in [0, 0.05) is 56.2 Å². The number of benzene rings is 2. The van der Waals surface area contributed by atoms with Crippen LogP contribution in [0.5, 0.6) is 5.88 Å². The van der Waals surface area contributed by atoms with Crippen LogP contribution in [0, 0.1) is 18.6 Å². The molecule has 12 heteroatoms. The molecule has 4 aromatic rings. The smallest absolute Gasteiger partial charge is 0.330 e. The SMILES string of the molecule is COc1nc(-c2ccc(F)c(-c3cccc(NC(=O)c4cn(C)c(=O)n(C)c4=O)c3C)c2F)cc2c1C(N1CC(O)C1)CC2. The summed E-state index contributed by atoms with van der Waals surface area (Å²) in [6.07, 6.45) is 2.35. The number of hydrogen-bond donors (Lipinski definition) is 2. The van der Waals surface area contributed by atoms with Gasteiger partial charge in [0.25, 0.3) is 11.5 Å². The summed E-state index contributed by atoms with van der Waals surface area (Å²) in [6.45, 7) is 2.76. The number of aliphatic hydroxyl groups is 1. The van der Waals surface area contributed by atoms with Crippen LogP contribution >= 0.6 is 0 Å². The second kappa shape index (κ2) is 11.1. The van der Waals surface area contributed by atoms with Crippen molar-refractivity contribution in [3.8, 4) is 28.3 Å². The third kappa shape index (κ3) is 4.80. The van der Waals surface area contributed by atoms with Crippen molar-refractivity contribution < 1.29 is 23.4 Å². The Hall–Kier alpha value is -4.68. The molecular weight excluding hydrogens is 572 g/mol. The molecule has 2 aromatic heterocycles. The van der Waals surface area contributed by atoms with Crippen molar-refractivity contribution in [2.45, 2.75) is 31.9 Å². The highest BCUT2D eigenvalue weighted by Gasteiger charge is 2.38. The number of amides is 1. The molecule has 2 aromatic carbocycles. The van der Waals surface area contributed by atoms with Crippen LogP contribution in [0.3, 0.4) is 0 Å². The number of aromatic nitrogens is 3. The Balaban J connectivity index is 1.37. The molecule has 10 nitrogen and oxygen atoms in total. The van der Waals surface area contributed by atoms with Gasteiger partial charge in [-0.25, -0.2) is 18.6 Å². The van der Waals surface area contributed by atoms with Gasteiger partial charge in [0.2, 0.25) is 5.88 Å². The Labute approximate surface area is 251 Å². The first-order valence-electron chi connectivity index (χ1n) is 14.2. The number of nitrogens with one attached hydrogen (secondary N) is 1. The van der Waals surface area contributed by atoms with Crippen LogP contribution in [-0.2, 0) is 20.5 Å². The van der Waals surface area contributed by atoms with E-state index in [9.17, 15) is 19.5 Å². The van der Waals surface area contributed by atoms with E-state index in [1.807, 2.05) is 6.07 Å². The average molecular weight is 604 g/mol. The molecule has 2 aliphatic rings. The van der Waals surface area contributed by atoms with E-state index >= 15 is 8.78 Å². The lowest BCUT2D eigenvalue weighted by Crippen LogP contribution is -2.51. The van der Waals surface area contributed by atoms with Gasteiger partial charge in [-0.15, -0.1) is 0 Å². The number of ether oxygens (including phenoxy) is 1. The Morgan fingerprint density at radius 2 is 1.86 bits per heavy atom. The Kier molecular flexibility index (Phi) is 7.42. The number of nitrogens with zero attached hydrogens (tertiary/aromatic N) is 4. The number of aliphatic hydroxyl groups excluding tert-OH is 1. The van der Waals surface area contributed by atoms with Gasteiger partial charge in [0.05, 0.1) is 24.5 Å². The number of hydrogen-bond acceptors (Lipinski definition) is 7. The van der Waals surface area contributed by atoms with E-state index in [-0.39, 0.29) is 40.1 Å². The number of fused-ring (bicyclic) bond motifs is 1. The number of β-amino-alcohol motifs (C(OH)–C–C–N with tert-alkyl or cyclic N) is 1. The highest BCUT2D eigenvalue weighted by molar-refractivity contribution is 6.04. The quantitative estimate of drug-likeness (QED) is 0.347. The maximum absolute atomic E-state index is 16.3. The lowest BCUT2D eigenvalue weighted by molar-refractivity contribution is -0.0256. The summed E-state index contributed by atoms with van der Waals surface area (Å²) in [5.41, 5.74) is 1.21.